The predicted octanol–water partition coefficient (Wildman–Crippen LogP) is 3.80. The van der Waals surface area contributed by atoms with Gasteiger partial charge in [-0.15, -0.1) is 46.7 Å². The first kappa shape index (κ1) is 21.1. The molecule has 0 saturated carbocycles. The molecular formula is C13H17F3IN5S2. The van der Waals surface area contributed by atoms with Gasteiger partial charge in [0.15, 0.2) is 11.7 Å². The molecule has 2 aromatic rings. The van der Waals surface area contributed by atoms with Crippen LogP contribution < -0.4 is 10.6 Å². The Morgan fingerprint density at radius 1 is 1.29 bits per heavy atom. The van der Waals surface area contributed by atoms with Crippen LogP contribution in [0, 0.1) is 6.92 Å². The Balaban J connectivity index is 0.00000288. The van der Waals surface area contributed by atoms with Crippen LogP contribution in [-0.2, 0) is 19.3 Å². The number of hydrogen-bond acceptors (Lipinski definition) is 5. The molecule has 0 unspecified atom stereocenters. The summed E-state index contributed by atoms with van der Waals surface area (Å²) in [7, 11) is 0. The highest BCUT2D eigenvalue weighted by Gasteiger charge is 2.33. The van der Waals surface area contributed by atoms with Gasteiger partial charge in [0.2, 0.25) is 0 Å². The van der Waals surface area contributed by atoms with E-state index in [1.165, 1.54) is 11.3 Å². The van der Waals surface area contributed by atoms with E-state index >= 15 is 0 Å². The van der Waals surface area contributed by atoms with Crippen molar-refractivity contribution in [1.82, 2.24) is 20.6 Å². The molecule has 5 nitrogen and oxygen atoms in total. The van der Waals surface area contributed by atoms with Crippen molar-refractivity contribution in [2.45, 2.75) is 33.1 Å². The lowest BCUT2D eigenvalue weighted by Crippen LogP contribution is -2.36. The topological polar surface area (TPSA) is 62.2 Å². The van der Waals surface area contributed by atoms with Gasteiger partial charge in [0.25, 0.3) is 0 Å². The molecule has 2 N–H and O–H groups in total. The van der Waals surface area contributed by atoms with E-state index in [0.29, 0.717) is 24.1 Å². The molecule has 0 saturated heterocycles. The van der Waals surface area contributed by atoms with E-state index in [1.807, 2.05) is 13.8 Å². The molecule has 0 fully saturated rings. The summed E-state index contributed by atoms with van der Waals surface area (Å²) in [4.78, 5) is 13.2. The Morgan fingerprint density at radius 3 is 2.58 bits per heavy atom. The zero-order valence-corrected chi connectivity index (χ0v) is 16.9. The molecule has 0 aliphatic carbocycles. The van der Waals surface area contributed by atoms with Crippen molar-refractivity contribution >= 4 is 52.6 Å². The number of halogens is 4. The molecular weight excluding hydrogens is 474 g/mol. The maximum atomic E-state index is 12.5. The smallest absolute Gasteiger partial charge is 0.357 e. The highest BCUT2D eigenvalue weighted by molar-refractivity contribution is 14.0. The Kier molecular flexibility index (Phi) is 8.36. The number of nitrogens with one attached hydrogen (secondary N) is 2. The van der Waals surface area contributed by atoms with E-state index in [9.17, 15) is 13.2 Å². The van der Waals surface area contributed by atoms with Gasteiger partial charge < -0.3 is 10.6 Å². The Bertz CT molecular complexity index is 669. The summed E-state index contributed by atoms with van der Waals surface area (Å²) < 4.78 is 37.6. The van der Waals surface area contributed by atoms with Crippen LogP contribution in [0.4, 0.5) is 13.2 Å². The molecule has 11 heteroatoms. The lowest BCUT2D eigenvalue weighted by Gasteiger charge is -2.09. The van der Waals surface area contributed by atoms with Crippen LogP contribution in [-0.4, -0.2) is 22.5 Å². The van der Waals surface area contributed by atoms with Crippen molar-refractivity contribution in [2.24, 2.45) is 4.99 Å². The third kappa shape index (κ3) is 6.16. The Hall–Kier alpha value is -0.950. The number of guanidine groups is 1. The summed E-state index contributed by atoms with van der Waals surface area (Å²) in [6.45, 7) is 5.14. The molecule has 2 heterocycles. The first-order chi connectivity index (χ1) is 10.9. The van der Waals surface area contributed by atoms with Gasteiger partial charge in [-0.2, -0.15) is 13.2 Å². The monoisotopic (exact) mass is 491 g/mol. The molecule has 0 aliphatic heterocycles. The third-order valence-corrected chi connectivity index (χ3v) is 4.59. The summed E-state index contributed by atoms with van der Waals surface area (Å²) in [6.07, 6.45) is -4.41. The number of rotatable bonds is 5. The number of hydrogen-bond donors (Lipinski definition) is 2. The molecule has 0 aliphatic rings. The number of aryl methyl sites for hydroxylation is 1. The van der Waals surface area contributed by atoms with Crippen molar-refractivity contribution in [1.29, 1.82) is 0 Å². The predicted molar refractivity (Wildman–Crippen MR) is 101 cm³/mol. The second kappa shape index (κ2) is 9.51. The average molecular weight is 491 g/mol. The molecule has 0 aromatic carbocycles. The Labute approximate surface area is 162 Å². The number of thiazole rings is 2. The van der Waals surface area contributed by atoms with Crippen molar-refractivity contribution in [3.8, 4) is 0 Å². The minimum atomic E-state index is -4.41. The number of aromatic nitrogens is 2. The van der Waals surface area contributed by atoms with Gasteiger partial charge in [0, 0.05) is 16.8 Å². The van der Waals surface area contributed by atoms with Crippen LogP contribution in [0.15, 0.2) is 15.9 Å². The van der Waals surface area contributed by atoms with Gasteiger partial charge >= 0.3 is 6.18 Å². The lowest BCUT2D eigenvalue weighted by molar-refractivity contribution is -0.140. The van der Waals surface area contributed by atoms with Crippen LogP contribution in [0.2, 0.25) is 0 Å². The van der Waals surface area contributed by atoms with Crippen LogP contribution in [0.3, 0.4) is 0 Å². The van der Waals surface area contributed by atoms with Gasteiger partial charge in [-0.1, -0.05) is 0 Å². The summed E-state index contributed by atoms with van der Waals surface area (Å²) in [5.74, 6) is 0.532. The molecule has 0 bridgehead atoms. The highest BCUT2D eigenvalue weighted by atomic mass is 127. The van der Waals surface area contributed by atoms with Gasteiger partial charge in [-0.25, -0.2) is 15.0 Å². The summed E-state index contributed by atoms with van der Waals surface area (Å²) >= 11 is 2.49. The maximum Gasteiger partial charge on any atom is 0.434 e. The molecule has 0 spiro atoms. The van der Waals surface area contributed by atoms with E-state index in [0.717, 1.165) is 27.3 Å². The van der Waals surface area contributed by atoms with E-state index < -0.39 is 11.9 Å². The van der Waals surface area contributed by atoms with Gasteiger partial charge in [0.1, 0.15) is 5.01 Å². The first-order valence-corrected chi connectivity index (χ1v) is 8.58. The molecule has 2 aromatic heterocycles. The van der Waals surface area contributed by atoms with Crippen LogP contribution >= 0.6 is 46.7 Å². The SMILES string of the molecule is CCNC(=NCc1scnc1C)NCc1nc(C(F)(F)F)cs1.I. The van der Waals surface area contributed by atoms with E-state index in [4.69, 9.17) is 0 Å². The van der Waals surface area contributed by atoms with Crippen LogP contribution in [0.1, 0.15) is 28.2 Å². The first-order valence-electron chi connectivity index (χ1n) is 6.83. The largest absolute Gasteiger partial charge is 0.434 e. The van der Waals surface area contributed by atoms with Crippen LogP contribution in [0.5, 0.6) is 0 Å². The quantitative estimate of drug-likeness (QED) is 0.380. The van der Waals surface area contributed by atoms with Gasteiger partial charge in [0.05, 0.1) is 24.3 Å². The summed E-state index contributed by atoms with van der Waals surface area (Å²) in [5.41, 5.74) is 1.83. The molecule has 24 heavy (non-hydrogen) atoms. The maximum absolute atomic E-state index is 12.5. The van der Waals surface area contributed by atoms with Crippen LogP contribution in [0.25, 0.3) is 0 Å². The van der Waals surface area contributed by atoms with Crippen molar-refractivity contribution in [3.63, 3.8) is 0 Å². The third-order valence-electron chi connectivity index (χ3n) is 2.82. The molecule has 0 amide bonds. The fourth-order valence-electron chi connectivity index (χ4n) is 1.65. The minimum Gasteiger partial charge on any atom is -0.357 e. The van der Waals surface area contributed by atoms with E-state index in [2.05, 4.69) is 25.6 Å². The van der Waals surface area contributed by atoms with E-state index in [1.54, 1.807) is 5.51 Å². The van der Waals surface area contributed by atoms with Crippen molar-refractivity contribution in [2.75, 3.05) is 6.54 Å². The zero-order chi connectivity index (χ0) is 16.9. The Morgan fingerprint density at radius 2 is 2.04 bits per heavy atom. The molecule has 0 atom stereocenters. The van der Waals surface area contributed by atoms with Crippen molar-refractivity contribution < 1.29 is 13.2 Å². The second-order valence-corrected chi connectivity index (χ2v) is 6.42. The zero-order valence-electron chi connectivity index (χ0n) is 13.0. The standard InChI is InChI=1S/C13H16F3N5S2.HI/c1-3-17-12(18-4-9-8(2)20-7-23-9)19-5-11-21-10(6-22-11)13(14,15)16;/h6-7H,3-5H2,1-2H3,(H2,17,18,19);1H. The molecule has 0 radical (unpaired) electrons. The van der Waals surface area contributed by atoms with Gasteiger partial charge in [-0.05, 0) is 13.8 Å². The fourth-order valence-corrected chi connectivity index (χ4v) is 3.09. The number of alkyl halides is 3. The minimum absolute atomic E-state index is 0. The van der Waals surface area contributed by atoms with Crippen molar-refractivity contribution in [3.05, 3.63) is 32.2 Å². The lowest BCUT2D eigenvalue weighted by atomic mass is 10.4. The highest BCUT2D eigenvalue weighted by Crippen LogP contribution is 2.29. The number of aliphatic imine (C=N–C) groups is 1. The fraction of sp³-hybridized carbons (Fsp3) is 0.462. The summed E-state index contributed by atoms with van der Waals surface area (Å²) in [6, 6.07) is 0. The second-order valence-electron chi connectivity index (χ2n) is 4.53. The average Bonchev–Trinajstić information content (AvgIpc) is 3.10. The number of nitrogens with zero attached hydrogens (tertiary/aromatic N) is 3. The van der Waals surface area contributed by atoms with E-state index in [-0.39, 0.29) is 30.5 Å². The normalized spacial score (nSPS) is 12.0. The molecule has 134 valence electrons. The molecule has 2 rings (SSSR count). The summed E-state index contributed by atoms with van der Waals surface area (Å²) in [5, 5.41) is 7.41. The van der Waals surface area contributed by atoms with Gasteiger partial charge in [-0.3, -0.25) is 0 Å².